The maximum absolute atomic E-state index is 12.5. The van der Waals surface area contributed by atoms with Crippen LogP contribution in [0.1, 0.15) is 5.69 Å². The second-order valence-electron chi connectivity index (χ2n) is 5.88. The second kappa shape index (κ2) is 10.0. The van der Waals surface area contributed by atoms with E-state index in [9.17, 15) is 8.42 Å². The molecule has 0 saturated carbocycles. The van der Waals surface area contributed by atoms with Crippen LogP contribution in [-0.4, -0.2) is 78.3 Å². The summed E-state index contributed by atoms with van der Waals surface area (Å²) in [5.41, 5.74) is 0.420. The zero-order chi connectivity index (χ0) is 18.4. The predicted molar refractivity (Wildman–Crippen MR) is 111 cm³/mol. The molecule has 12 heteroatoms. The summed E-state index contributed by atoms with van der Waals surface area (Å²) in [5.74, 6) is 0.631. The first-order valence-electron chi connectivity index (χ1n) is 8.38. The Balaban J connectivity index is 0.00000261. The van der Waals surface area contributed by atoms with Gasteiger partial charge in [-0.25, -0.2) is 8.42 Å². The molecular weight excluding hydrogens is 485 g/mol. The highest BCUT2D eigenvalue weighted by Gasteiger charge is 2.28. The van der Waals surface area contributed by atoms with Crippen molar-refractivity contribution in [2.45, 2.75) is 12.3 Å². The molecule has 0 radical (unpaired) electrons. The van der Waals surface area contributed by atoms with Crippen molar-refractivity contribution in [1.82, 2.24) is 29.5 Å². The molecule has 3 heterocycles. The summed E-state index contributed by atoms with van der Waals surface area (Å²) in [4.78, 5) is 6.35. The van der Waals surface area contributed by atoms with Crippen molar-refractivity contribution in [3.63, 3.8) is 0 Å². The van der Waals surface area contributed by atoms with Gasteiger partial charge in [-0.1, -0.05) is 5.16 Å². The minimum Gasteiger partial charge on any atom is -0.364 e. The Kier molecular flexibility index (Phi) is 8.04. The number of aliphatic imine (C=N–C) groups is 1. The Morgan fingerprint density at radius 3 is 2.70 bits per heavy atom. The van der Waals surface area contributed by atoms with Crippen LogP contribution in [-0.2, 0) is 22.3 Å². The number of halogens is 1. The van der Waals surface area contributed by atoms with E-state index in [0.717, 1.165) is 12.5 Å². The number of nitrogens with zero attached hydrogens (tertiary/aromatic N) is 6. The van der Waals surface area contributed by atoms with Crippen LogP contribution in [0.25, 0.3) is 0 Å². The quantitative estimate of drug-likeness (QED) is 0.337. The van der Waals surface area contributed by atoms with E-state index >= 15 is 0 Å². The molecule has 1 fully saturated rings. The van der Waals surface area contributed by atoms with E-state index in [2.05, 4.69) is 25.5 Å². The van der Waals surface area contributed by atoms with Crippen molar-refractivity contribution in [2.75, 3.05) is 39.8 Å². The van der Waals surface area contributed by atoms with Crippen LogP contribution in [0.4, 0.5) is 0 Å². The fourth-order valence-electron chi connectivity index (χ4n) is 2.82. The first kappa shape index (κ1) is 21.6. The summed E-state index contributed by atoms with van der Waals surface area (Å²) in [6.45, 7) is 3.43. The largest absolute Gasteiger partial charge is 0.364 e. The predicted octanol–water partition coefficient (Wildman–Crippen LogP) is 0.212. The van der Waals surface area contributed by atoms with Crippen LogP contribution in [0.3, 0.4) is 0 Å². The highest BCUT2D eigenvalue weighted by atomic mass is 127. The maximum Gasteiger partial charge on any atom is 0.220 e. The standard InChI is InChI=1S/C15H23N7O3S.HI/c1-16-15(17-5-7-21-6-2-4-18-21)20-8-10-22(11-9-20)26(23,24)13-14-3-12-25-19-14;/h2-4,6,12H,5,7-11,13H2,1H3,(H,16,17);1H. The minimum absolute atomic E-state index is 0. The molecule has 1 N–H and O–H groups in total. The van der Waals surface area contributed by atoms with Gasteiger partial charge >= 0.3 is 0 Å². The number of piperazine rings is 1. The highest BCUT2D eigenvalue weighted by Crippen LogP contribution is 2.12. The van der Waals surface area contributed by atoms with Gasteiger partial charge in [0.15, 0.2) is 5.96 Å². The lowest BCUT2D eigenvalue weighted by molar-refractivity contribution is 0.259. The number of hydrogen-bond acceptors (Lipinski definition) is 6. The topological polar surface area (TPSA) is 109 Å². The van der Waals surface area contributed by atoms with Crippen LogP contribution in [0.5, 0.6) is 0 Å². The molecule has 150 valence electrons. The molecule has 3 rings (SSSR count). The summed E-state index contributed by atoms with van der Waals surface area (Å²) >= 11 is 0. The van der Waals surface area contributed by atoms with E-state index in [1.54, 1.807) is 19.3 Å². The molecule has 27 heavy (non-hydrogen) atoms. The number of hydrogen-bond donors (Lipinski definition) is 1. The number of guanidine groups is 1. The Hall–Kier alpha value is -1.67. The van der Waals surface area contributed by atoms with Crippen LogP contribution in [0.2, 0.25) is 0 Å². The summed E-state index contributed by atoms with van der Waals surface area (Å²) in [7, 11) is -1.67. The zero-order valence-corrected chi connectivity index (χ0v) is 18.2. The van der Waals surface area contributed by atoms with Gasteiger partial charge in [0, 0.05) is 58.2 Å². The molecule has 10 nitrogen and oxygen atoms in total. The van der Waals surface area contributed by atoms with Crippen molar-refractivity contribution >= 4 is 40.0 Å². The third-order valence-corrected chi connectivity index (χ3v) is 5.96. The van der Waals surface area contributed by atoms with Gasteiger partial charge in [0.2, 0.25) is 10.0 Å². The van der Waals surface area contributed by atoms with Gasteiger partial charge in [-0.3, -0.25) is 9.67 Å². The summed E-state index contributed by atoms with van der Waals surface area (Å²) in [6.07, 6.45) is 5.03. The minimum atomic E-state index is -3.40. The monoisotopic (exact) mass is 509 g/mol. The molecule has 0 aliphatic carbocycles. The third-order valence-electron chi connectivity index (χ3n) is 4.15. The maximum atomic E-state index is 12.5. The van der Waals surface area contributed by atoms with E-state index in [1.807, 2.05) is 16.9 Å². The average Bonchev–Trinajstić information content (AvgIpc) is 3.33. The van der Waals surface area contributed by atoms with Crippen LogP contribution >= 0.6 is 24.0 Å². The third kappa shape index (κ3) is 5.90. The molecule has 1 saturated heterocycles. The van der Waals surface area contributed by atoms with E-state index in [1.165, 1.54) is 10.6 Å². The number of nitrogens with one attached hydrogen (secondary N) is 1. The van der Waals surface area contributed by atoms with E-state index in [-0.39, 0.29) is 29.7 Å². The Morgan fingerprint density at radius 2 is 2.11 bits per heavy atom. The van der Waals surface area contributed by atoms with Crippen LogP contribution < -0.4 is 5.32 Å². The smallest absolute Gasteiger partial charge is 0.220 e. The second-order valence-corrected chi connectivity index (χ2v) is 7.85. The van der Waals surface area contributed by atoms with Gasteiger partial charge in [-0.2, -0.15) is 9.40 Å². The molecule has 1 aliphatic rings. The van der Waals surface area contributed by atoms with E-state index in [0.29, 0.717) is 38.4 Å². The van der Waals surface area contributed by atoms with Crippen molar-refractivity contribution in [3.8, 4) is 0 Å². The molecule has 0 atom stereocenters. The van der Waals surface area contributed by atoms with Gasteiger partial charge < -0.3 is 14.7 Å². The fraction of sp³-hybridized carbons (Fsp3) is 0.533. The molecule has 1 aliphatic heterocycles. The molecule has 2 aromatic heterocycles. The summed E-state index contributed by atoms with van der Waals surface area (Å²) in [6, 6.07) is 3.45. The van der Waals surface area contributed by atoms with Gasteiger partial charge in [-0.15, -0.1) is 24.0 Å². The molecule has 2 aromatic rings. The SMILES string of the molecule is CN=C(NCCn1cccn1)N1CCN(S(=O)(=O)Cc2ccon2)CC1.I. The average molecular weight is 509 g/mol. The van der Waals surface area contributed by atoms with E-state index in [4.69, 9.17) is 4.52 Å². The normalized spacial score (nSPS) is 16.2. The van der Waals surface area contributed by atoms with Crippen molar-refractivity contribution < 1.29 is 12.9 Å². The van der Waals surface area contributed by atoms with Crippen molar-refractivity contribution in [1.29, 1.82) is 0 Å². The number of aromatic nitrogens is 3. The Bertz CT molecular complexity index is 801. The molecule has 0 unspecified atom stereocenters. The van der Waals surface area contributed by atoms with Crippen molar-refractivity contribution in [3.05, 3.63) is 36.5 Å². The molecule has 0 spiro atoms. The summed E-state index contributed by atoms with van der Waals surface area (Å²) in [5, 5.41) is 11.1. The first-order chi connectivity index (χ1) is 12.6. The van der Waals surface area contributed by atoms with Gasteiger partial charge in [-0.05, 0) is 6.07 Å². The lowest BCUT2D eigenvalue weighted by Gasteiger charge is -2.35. The Morgan fingerprint density at radius 1 is 1.33 bits per heavy atom. The van der Waals surface area contributed by atoms with Gasteiger partial charge in [0.1, 0.15) is 12.0 Å². The summed E-state index contributed by atoms with van der Waals surface area (Å²) < 4.78 is 33.0. The molecule has 0 bridgehead atoms. The van der Waals surface area contributed by atoms with Gasteiger partial charge in [0.25, 0.3) is 0 Å². The van der Waals surface area contributed by atoms with Gasteiger partial charge in [0.05, 0.1) is 12.2 Å². The zero-order valence-electron chi connectivity index (χ0n) is 15.1. The number of sulfonamides is 1. The van der Waals surface area contributed by atoms with Crippen LogP contribution in [0, 0.1) is 0 Å². The van der Waals surface area contributed by atoms with Crippen molar-refractivity contribution in [2.24, 2.45) is 4.99 Å². The van der Waals surface area contributed by atoms with E-state index < -0.39 is 10.0 Å². The number of rotatable bonds is 6. The molecule has 0 aromatic carbocycles. The highest BCUT2D eigenvalue weighted by molar-refractivity contribution is 14.0. The Labute approximate surface area is 175 Å². The lowest BCUT2D eigenvalue weighted by atomic mass is 10.4. The lowest BCUT2D eigenvalue weighted by Crippen LogP contribution is -2.54. The first-order valence-corrected chi connectivity index (χ1v) is 9.99. The van der Waals surface area contributed by atoms with Crippen LogP contribution in [0.15, 0.2) is 40.3 Å². The fourth-order valence-corrected chi connectivity index (χ4v) is 4.24. The molecule has 0 amide bonds. The molecular formula is C15H24IN7O3S.